The number of benzene rings is 1. The number of likely N-dealkylation sites (N-methyl/N-ethyl adjacent to an activating group) is 1. The number of methoxy groups -OCH3 is 1. The molecule has 1 fully saturated rings. The number of nitrogens with zero attached hydrogens (tertiary/aromatic N) is 2. The van der Waals surface area contributed by atoms with Crippen LogP contribution in [-0.4, -0.2) is 56.1 Å². The summed E-state index contributed by atoms with van der Waals surface area (Å²) in [6, 6.07) is 6.61. The quantitative estimate of drug-likeness (QED) is 0.780. The van der Waals surface area contributed by atoms with Crippen molar-refractivity contribution in [2.24, 2.45) is 0 Å². The number of hydrogen-bond donors (Lipinski definition) is 0. The Morgan fingerprint density at radius 3 is 2.71 bits per heavy atom. The summed E-state index contributed by atoms with van der Waals surface area (Å²) in [4.78, 5) is 16.7. The lowest BCUT2D eigenvalue weighted by atomic mass is 9.85. The maximum Gasteiger partial charge on any atom is 0.337 e. The molecule has 0 bridgehead atoms. The Labute approximate surface area is 126 Å². The van der Waals surface area contributed by atoms with Crippen LogP contribution in [0.5, 0.6) is 0 Å². The van der Waals surface area contributed by atoms with Gasteiger partial charge in [0.15, 0.2) is 0 Å². The fourth-order valence-corrected chi connectivity index (χ4v) is 3.55. The molecule has 0 spiro atoms. The van der Waals surface area contributed by atoms with Crippen molar-refractivity contribution in [3.8, 4) is 0 Å². The number of aryl methyl sites for hydroxylation is 1. The molecule has 2 aliphatic rings. The van der Waals surface area contributed by atoms with Crippen LogP contribution in [0.3, 0.4) is 0 Å². The average molecular weight is 288 g/mol. The first-order valence-electron chi connectivity index (χ1n) is 7.83. The van der Waals surface area contributed by atoms with E-state index in [1.807, 2.05) is 12.1 Å². The van der Waals surface area contributed by atoms with Crippen molar-refractivity contribution in [3.63, 3.8) is 0 Å². The van der Waals surface area contributed by atoms with E-state index in [2.05, 4.69) is 22.9 Å². The first kappa shape index (κ1) is 14.5. The van der Waals surface area contributed by atoms with Gasteiger partial charge in [-0.15, -0.1) is 0 Å². The summed E-state index contributed by atoms with van der Waals surface area (Å²) in [5, 5.41) is 0. The van der Waals surface area contributed by atoms with Crippen molar-refractivity contribution in [2.45, 2.75) is 25.3 Å². The second kappa shape index (κ2) is 6.16. The number of carbonyl (C=O) groups excluding carboxylic acids is 1. The SMILES string of the molecule is COC(=O)c1ccc2c(c1)CCC[C@H]2N1CCN(C)CC1. The monoisotopic (exact) mass is 288 g/mol. The van der Waals surface area contributed by atoms with E-state index in [1.54, 1.807) is 0 Å². The Hall–Kier alpha value is -1.39. The predicted octanol–water partition coefficient (Wildman–Crippen LogP) is 2.10. The van der Waals surface area contributed by atoms with E-state index >= 15 is 0 Å². The van der Waals surface area contributed by atoms with Crippen LogP contribution in [0, 0.1) is 0 Å². The summed E-state index contributed by atoms with van der Waals surface area (Å²) >= 11 is 0. The zero-order valence-corrected chi connectivity index (χ0v) is 13.0. The number of rotatable bonds is 2. The van der Waals surface area contributed by atoms with Crippen LogP contribution in [0.25, 0.3) is 0 Å². The molecule has 1 aliphatic heterocycles. The minimum absolute atomic E-state index is 0.237. The molecule has 21 heavy (non-hydrogen) atoms. The largest absolute Gasteiger partial charge is 0.465 e. The second-order valence-corrected chi connectivity index (χ2v) is 6.15. The summed E-state index contributed by atoms with van der Waals surface area (Å²) in [6.45, 7) is 4.57. The van der Waals surface area contributed by atoms with Crippen molar-refractivity contribution in [1.82, 2.24) is 9.80 Å². The van der Waals surface area contributed by atoms with Gasteiger partial charge in [-0.3, -0.25) is 4.90 Å². The van der Waals surface area contributed by atoms with Crippen LogP contribution < -0.4 is 0 Å². The molecule has 0 radical (unpaired) electrons. The molecule has 1 atom stereocenters. The highest BCUT2D eigenvalue weighted by atomic mass is 16.5. The van der Waals surface area contributed by atoms with Gasteiger partial charge in [0.05, 0.1) is 12.7 Å². The summed E-state index contributed by atoms with van der Waals surface area (Å²) in [6.07, 6.45) is 3.51. The molecule has 0 unspecified atom stereocenters. The van der Waals surface area contributed by atoms with Gasteiger partial charge in [0.25, 0.3) is 0 Å². The molecule has 0 amide bonds. The molecule has 1 heterocycles. The highest BCUT2D eigenvalue weighted by molar-refractivity contribution is 5.89. The van der Waals surface area contributed by atoms with E-state index in [0.29, 0.717) is 11.6 Å². The minimum Gasteiger partial charge on any atom is -0.465 e. The third kappa shape index (κ3) is 2.97. The molecule has 3 rings (SSSR count). The number of piperazine rings is 1. The Kier molecular flexibility index (Phi) is 4.27. The van der Waals surface area contributed by atoms with Crippen LogP contribution in [0.2, 0.25) is 0 Å². The van der Waals surface area contributed by atoms with E-state index < -0.39 is 0 Å². The van der Waals surface area contributed by atoms with Crippen LogP contribution in [0.15, 0.2) is 18.2 Å². The number of hydrogen-bond acceptors (Lipinski definition) is 4. The third-order valence-corrected chi connectivity index (χ3v) is 4.83. The highest BCUT2D eigenvalue weighted by Crippen LogP contribution is 2.35. The van der Waals surface area contributed by atoms with E-state index in [-0.39, 0.29) is 5.97 Å². The highest BCUT2D eigenvalue weighted by Gasteiger charge is 2.28. The minimum atomic E-state index is -0.237. The Morgan fingerprint density at radius 2 is 2.00 bits per heavy atom. The van der Waals surface area contributed by atoms with Gasteiger partial charge in [0.1, 0.15) is 0 Å². The Bertz CT molecular complexity index is 522. The van der Waals surface area contributed by atoms with Crippen molar-refractivity contribution in [2.75, 3.05) is 40.3 Å². The zero-order valence-electron chi connectivity index (χ0n) is 13.0. The zero-order chi connectivity index (χ0) is 14.8. The normalized spacial score (nSPS) is 23.6. The fraction of sp³-hybridized carbons (Fsp3) is 0.588. The Morgan fingerprint density at radius 1 is 1.24 bits per heavy atom. The average Bonchev–Trinajstić information content (AvgIpc) is 2.54. The van der Waals surface area contributed by atoms with Gasteiger partial charge in [0, 0.05) is 32.2 Å². The van der Waals surface area contributed by atoms with Crippen molar-refractivity contribution in [1.29, 1.82) is 0 Å². The maximum absolute atomic E-state index is 11.7. The lowest BCUT2D eigenvalue weighted by Gasteiger charge is -2.40. The van der Waals surface area contributed by atoms with Crippen LogP contribution in [0.1, 0.15) is 40.4 Å². The summed E-state index contributed by atoms with van der Waals surface area (Å²) in [5.74, 6) is -0.237. The van der Waals surface area contributed by atoms with Gasteiger partial charge in [-0.25, -0.2) is 4.79 Å². The lowest BCUT2D eigenvalue weighted by molar-refractivity contribution is 0.0600. The van der Waals surface area contributed by atoms with Gasteiger partial charge in [-0.05, 0) is 49.6 Å². The molecule has 114 valence electrons. The summed E-state index contributed by atoms with van der Waals surface area (Å²) < 4.78 is 4.83. The van der Waals surface area contributed by atoms with Crippen molar-refractivity contribution in [3.05, 3.63) is 34.9 Å². The molecule has 0 N–H and O–H groups in total. The standard InChI is InChI=1S/C17H24N2O2/c1-18-8-10-19(11-9-18)16-5-3-4-13-12-14(17(20)21-2)6-7-15(13)16/h6-7,12,16H,3-5,8-11H2,1-2H3/t16-/m1/s1. The number of fused-ring (bicyclic) bond motifs is 1. The molecule has 0 aromatic heterocycles. The molecular formula is C17H24N2O2. The molecule has 4 nitrogen and oxygen atoms in total. The van der Waals surface area contributed by atoms with Crippen LogP contribution in [0.4, 0.5) is 0 Å². The molecular weight excluding hydrogens is 264 g/mol. The van der Waals surface area contributed by atoms with Crippen LogP contribution >= 0.6 is 0 Å². The Balaban J connectivity index is 1.83. The van der Waals surface area contributed by atoms with Crippen molar-refractivity contribution >= 4 is 5.97 Å². The number of ether oxygens (including phenoxy) is 1. The predicted molar refractivity (Wildman–Crippen MR) is 82.5 cm³/mol. The van der Waals surface area contributed by atoms with Gasteiger partial charge >= 0.3 is 5.97 Å². The maximum atomic E-state index is 11.7. The first-order valence-corrected chi connectivity index (χ1v) is 7.83. The molecule has 4 heteroatoms. The van der Waals surface area contributed by atoms with E-state index in [1.165, 1.54) is 31.1 Å². The molecule has 1 saturated heterocycles. The lowest BCUT2D eigenvalue weighted by Crippen LogP contribution is -2.46. The van der Waals surface area contributed by atoms with Gasteiger partial charge in [-0.2, -0.15) is 0 Å². The second-order valence-electron chi connectivity index (χ2n) is 6.15. The van der Waals surface area contributed by atoms with E-state index in [4.69, 9.17) is 4.74 Å². The van der Waals surface area contributed by atoms with E-state index in [0.717, 1.165) is 32.6 Å². The molecule has 1 aliphatic carbocycles. The third-order valence-electron chi connectivity index (χ3n) is 4.83. The van der Waals surface area contributed by atoms with Gasteiger partial charge < -0.3 is 9.64 Å². The molecule has 1 aromatic rings. The fourth-order valence-electron chi connectivity index (χ4n) is 3.55. The smallest absolute Gasteiger partial charge is 0.337 e. The number of esters is 1. The van der Waals surface area contributed by atoms with Crippen molar-refractivity contribution < 1.29 is 9.53 Å². The topological polar surface area (TPSA) is 32.8 Å². The molecule has 0 saturated carbocycles. The van der Waals surface area contributed by atoms with Gasteiger partial charge in [0.2, 0.25) is 0 Å². The van der Waals surface area contributed by atoms with Gasteiger partial charge in [-0.1, -0.05) is 6.07 Å². The number of carbonyl (C=O) groups is 1. The van der Waals surface area contributed by atoms with E-state index in [9.17, 15) is 4.79 Å². The first-order chi connectivity index (χ1) is 10.2. The summed E-state index contributed by atoms with van der Waals surface area (Å²) in [7, 11) is 3.63. The molecule has 1 aromatic carbocycles. The summed E-state index contributed by atoms with van der Waals surface area (Å²) in [5.41, 5.74) is 3.42. The van der Waals surface area contributed by atoms with Crippen LogP contribution in [-0.2, 0) is 11.2 Å².